The minimum absolute atomic E-state index is 0.0481. The fourth-order valence-corrected chi connectivity index (χ4v) is 2.34. The van der Waals surface area contributed by atoms with E-state index in [1.54, 1.807) is 0 Å². The molecular formula is C15H23NO2S. The van der Waals surface area contributed by atoms with E-state index in [2.05, 4.69) is 0 Å². The average Bonchev–Trinajstić information content (AvgIpc) is 2.27. The molecule has 2 N–H and O–H groups in total. The van der Waals surface area contributed by atoms with Crippen molar-refractivity contribution >= 4 is 17.7 Å². The maximum atomic E-state index is 11.5. The summed E-state index contributed by atoms with van der Waals surface area (Å²) in [6.45, 7) is 7.65. The van der Waals surface area contributed by atoms with Crippen molar-refractivity contribution in [3.8, 4) is 0 Å². The largest absolute Gasteiger partial charge is 0.459 e. The van der Waals surface area contributed by atoms with Gasteiger partial charge in [0, 0.05) is 11.8 Å². The van der Waals surface area contributed by atoms with E-state index in [0.29, 0.717) is 11.5 Å². The van der Waals surface area contributed by atoms with Crippen LogP contribution in [0.1, 0.15) is 37.9 Å². The number of aryl methyl sites for hydroxylation is 1. The number of esters is 1. The quantitative estimate of drug-likeness (QED) is 0.843. The summed E-state index contributed by atoms with van der Waals surface area (Å²) in [7, 11) is 0. The van der Waals surface area contributed by atoms with Gasteiger partial charge in [-0.3, -0.25) is 4.79 Å². The fraction of sp³-hybridized carbons (Fsp3) is 0.533. The lowest BCUT2D eigenvalue weighted by Gasteiger charge is -2.19. The zero-order chi connectivity index (χ0) is 14.5. The highest BCUT2D eigenvalue weighted by Crippen LogP contribution is 2.17. The molecule has 106 valence electrons. The topological polar surface area (TPSA) is 52.3 Å². The molecule has 0 radical (unpaired) electrons. The van der Waals surface area contributed by atoms with E-state index in [4.69, 9.17) is 10.5 Å². The third kappa shape index (κ3) is 6.64. The molecule has 0 aliphatic carbocycles. The van der Waals surface area contributed by atoms with Crippen LogP contribution in [-0.2, 0) is 9.53 Å². The van der Waals surface area contributed by atoms with Gasteiger partial charge in [-0.1, -0.05) is 29.8 Å². The minimum atomic E-state index is -0.420. The smallest absolute Gasteiger partial charge is 0.316 e. The van der Waals surface area contributed by atoms with Crippen LogP contribution in [0.25, 0.3) is 0 Å². The third-order valence-electron chi connectivity index (χ3n) is 2.44. The number of rotatable bonds is 5. The molecule has 19 heavy (non-hydrogen) atoms. The number of benzene rings is 1. The van der Waals surface area contributed by atoms with Gasteiger partial charge in [0.2, 0.25) is 0 Å². The Morgan fingerprint density at radius 3 is 2.42 bits per heavy atom. The second-order valence-corrected chi connectivity index (χ2v) is 6.65. The highest BCUT2D eigenvalue weighted by molar-refractivity contribution is 7.99. The first kappa shape index (κ1) is 16.1. The highest BCUT2D eigenvalue weighted by atomic mass is 32.2. The molecule has 1 aromatic rings. The summed E-state index contributed by atoms with van der Waals surface area (Å²) in [5, 5.41) is 0. The summed E-state index contributed by atoms with van der Waals surface area (Å²) in [5.41, 5.74) is 7.98. The molecule has 0 aliphatic rings. The first-order chi connectivity index (χ1) is 8.78. The molecule has 3 nitrogen and oxygen atoms in total. The predicted octanol–water partition coefficient (Wildman–Crippen LogP) is 3.07. The van der Waals surface area contributed by atoms with Crippen molar-refractivity contribution in [3.05, 3.63) is 35.4 Å². The van der Waals surface area contributed by atoms with Gasteiger partial charge in [-0.25, -0.2) is 0 Å². The van der Waals surface area contributed by atoms with Gasteiger partial charge < -0.3 is 10.5 Å². The van der Waals surface area contributed by atoms with E-state index in [0.717, 1.165) is 5.56 Å². The molecule has 0 fully saturated rings. The van der Waals surface area contributed by atoms with Gasteiger partial charge in [-0.15, -0.1) is 11.8 Å². The molecule has 0 aliphatic heterocycles. The SMILES string of the molecule is Cc1ccc(C(N)CSCC(=O)OC(C)(C)C)cc1. The van der Waals surface area contributed by atoms with Gasteiger partial charge in [0.15, 0.2) is 0 Å². The molecule has 0 spiro atoms. The Bertz CT molecular complexity index is 409. The number of ether oxygens (including phenoxy) is 1. The summed E-state index contributed by atoms with van der Waals surface area (Å²) < 4.78 is 5.24. The maximum absolute atomic E-state index is 11.5. The molecule has 1 unspecified atom stereocenters. The van der Waals surface area contributed by atoms with Crippen LogP contribution >= 0.6 is 11.8 Å². The van der Waals surface area contributed by atoms with E-state index in [9.17, 15) is 4.79 Å². The standard InChI is InChI=1S/C15H23NO2S/c1-11-5-7-12(8-6-11)13(16)9-19-10-14(17)18-15(2,3)4/h5-8,13H,9-10,16H2,1-4H3. The fourth-order valence-electron chi connectivity index (χ4n) is 1.55. The van der Waals surface area contributed by atoms with Gasteiger partial charge in [0.05, 0.1) is 5.75 Å². The number of carbonyl (C=O) groups is 1. The van der Waals surface area contributed by atoms with Crippen molar-refractivity contribution in [2.45, 2.75) is 39.3 Å². The van der Waals surface area contributed by atoms with Crippen molar-refractivity contribution in [1.29, 1.82) is 0 Å². The van der Waals surface area contributed by atoms with Gasteiger partial charge in [0.25, 0.3) is 0 Å². The Morgan fingerprint density at radius 2 is 1.89 bits per heavy atom. The summed E-state index contributed by atoms with van der Waals surface area (Å²) in [6, 6.07) is 8.12. The second-order valence-electron chi connectivity index (χ2n) is 5.62. The third-order valence-corrected chi connectivity index (χ3v) is 3.48. The lowest BCUT2D eigenvalue weighted by atomic mass is 10.1. The van der Waals surface area contributed by atoms with Crippen LogP contribution < -0.4 is 5.73 Å². The molecule has 1 atom stereocenters. The zero-order valence-corrected chi connectivity index (χ0v) is 12.9. The zero-order valence-electron chi connectivity index (χ0n) is 12.1. The van der Waals surface area contributed by atoms with E-state index in [1.165, 1.54) is 17.3 Å². The van der Waals surface area contributed by atoms with Crippen LogP contribution in [0.5, 0.6) is 0 Å². The maximum Gasteiger partial charge on any atom is 0.316 e. The summed E-state index contributed by atoms with van der Waals surface area (Å²) in [5.74, 6) is 0.868. The Balaban J connectivity index is 2.33. The lowest BCUT2D eigenvalue weighted by Crippen LogP contribution is -2.25. The normalized spacial score (nSPS) is 13.1. The van der Waals surface area contributed by atoms with Crippen molar-refractivity contribution < 1.29 is 9.53 Å². The van der Waals surface area contributed by atoms with Crippen LogP contribution in [0.15, 0.2) is 24.3 Å². The Hall–Kier alpha value is -1.00. The summed E-state index contributed by atoms with van der Waals surface area (Å²) in [6.07, 6.45) is 0. The number of thioether (sulfide) groups is 1. The molecule has 1 aromatic carbocycles. The van der Waals surface area contributed by atoms with Crippen LogP contribution in [0.2, 0.25) is 0 Å². The number of carbonyl (C=O) groups excluding carboxylic acids is 1. The molecule has 0 amide bonds. The number of hydrogen-bond donors (Lipinski definition) is 1. The Morgan fingerprint density at radius 1 is 1.32 bits per heavy atom. The summed E-state index contributed by atoms with van der Waals surface area (Å²) >= 11 is 1.51. The Kier molecular flexibility index (Phi) is 5.88. The molecular weight excluding hydrogens is 258 g/mol. The first-order valence-corrected chi connectivity index (χ1v) is 7.55. The van der Waals surface area contributed by atoms with Crippen LogP contribution in [0.4, 0.5) is 0 Å². The molecule has 0 heterocycles. The predicted molar refractivity (Wildman–Crippen MR) is 81.3 cm³/mol. The van der Waals surface area contributed by atoms with Crippen molar-refractivity contribution in [2.75, 3.05) is 11.5 Å². The van der Waals surface area contributed by atoms with Crippen molar-refractivity contribution in [1.82, 2.24) is 0 Å². The van der Waals surface area contributed by atoms with E-state index in [-0.39, 0.29) is 12.0 Å². The molecule has 0 bridgehead atoms. The van der Waals surface area contributed by atoms with E-state index < -0.39 is 5.60 Å². The van der Waals surface area contributed by atoms with E-state index in [1.807, 2.05) is 52.0 Å². The molecule has 0 aromatic heterocycles. The molecule has 1 rings (SSSR count). The van der Waals surface area contributed by atoms with Crippen LogP contribution in [0.3, 0.4) is 0 Å². The first-order valence-electron chi connectivity index (χ1n) is 6.39. The summed E-state index contributed by atoms with van der Waals surface area (Å²) in [4.78, 5) is 11.5. The second kappa shape index (κ2) is 6.96. The van der Waals surface area contributed by atoms with Gasteiger partial charge >= 0.3 is 5.97 Å². The number of nitrogens with two attached hydrogens (primary N) is 1. The average molecular weight is 281 g/mol. The number of hydrogen-bond acceptors (Lipinski definition) is 4. The van der Waals surface area contributed by atoms with Crippen LogP contribution in [-0.4, -0.2) is 23.1 Å². The van der Waals surface area contributed by atoms with Gasteiger partial charge in [-0.05, 0) is 33.3 Å². The molecule has 4 heteroatoms. The monoisotopic (exact) mass is 281 g/mol. The Labute approximate surface area is 119 Å². The molecule has 0 saturated heterocycles. The van der Waals surface area contributed by atoms with Crippen molar-refractivity contribution in [2.24, 2.45) is 5.73 Å². The highest BCUT2D eigenvalue weighted by Gasteiger charge is 2.16. The van der Waals surface area contributed by atoms with E-state index >= 15 is 0 Å². The van der Waals surface area contributed by atoms with Crippen molar-refractivity contribution in [3.63, 3.8) is 0 Å². The molecule has 0 saturated carbocycles. The van der Waals surface area contributed by atoms with Crippen LogP contribution in [0, 0.1) is 6.92 Å². The van der Waals surface area contributed by atoms with Gasteiger partial charge in [-0.2, -0.15) is 0 Å². The lowest BCUT2D eigenvalue weighted by molar-refractivity contribution is -0.151. The van der Waals surface area contributed by atoms with Gasteiger partial charge in [0.1, 0.15) is 5.60 Å². The minimum Gasteiger partial charge on any atom is -0.459 e.